The summed E-state index contributed by atoms with van der Waals surface area (Å²) in [5, 5.41) is 3.48. The third kappa shape index (κ3) is 1.39. The van der Waals surface area contributed by atoms with E-state index in [4.69, 9.17) is 5.53 Å². The molecule has 1 aliphatic heterocycles. The summed E-state index contributed by atoms with van der Waals surface area (Å²) in [4.78, 5) is 28.7. The molecule has 1 aromatic rings. The first-order chi connectivity index (χ1) is 8.58. The molecule has 1 unspecified atom stereocenters. The van der Waals surface area contributed by atoms with Gasteiger partial charge < -0.3 is 4.90 Å². The number of fused-ring (bicyclic) bond motifs is 1. The molecule has 1 aliphatic rings. The van der Waals surface area contributed by atoms with E-state index in [1.165, 1.54) is 4.90 Å². The molecule has 1 atom stereocenters. The van der Waals surface area contributed by atoms with E-state index in [1.807, 2.05) is 0 Å². The van der Waals surface area contributed by atoms with E-state index in [-0.39, 0.29) is 6.42 Å². The first-order valence-corrected chi connectivity index (χ1v) is 5.56. The number of carbonyl (C=O) groups excluding carboxylic acids is 2. The molecule has 0 aromatic heterocycles. The maximum absolute atomic E-state index is 12.4. The molecule has 0 spiro atoms. The lowest BCUT2D eigenvalue weighted by molar-refractivity contribution is -0.122. The summed E-state index contributed by atoms with van der Waals surface area (Å²) in [6, 6.07) is 6.80. The van der Waals surface area contributed by atoms with E-state index in [1.54, 1.807) is 38.2 Å². The zero-order valence-corrected chi connectivity index (χ0v) is 10.1. The van der Waals surface area contributed by atoms with Crippen molar-refractivity contribution < 1.29 is 9.59 Å². The van der Waals surface area contributed by atoms with Gasteiger partial charge in [0.25, 0.3) is 0 Å². The number of azide groups is 1. The van der Waals surface area contributed by atoms with Crippen LogP contribution in [0, 0.1) is 0 Å². The molecule has 0 bridgehead atoms. The van der Waals surface area contributed by atoms with Gasteiger partial charge in [0.15, 0.2) is 11.3 Å². The summed E-state index contributed by atoms with van der Waals surface area (Å²) < 4.78 is 0. The van der Waals surface area contributed by atoms with Crippen molar-refractivity contribution in [3.63, 3.8) is 0 Å². The Bertz CT molecular complexity index is 577. The number of amides is 1. The number of nitrogens with zero attached hydrogens (tertiary/aromatic N) is 4. The highest BCUT2D eigenvalue weighted by Gasteiger charge is 2.50. The lowest BCUT2D eigenvalue weighted by Crippen LogP contribution is -2.55. The molecule has 1 aromatic carbocycles. The fraction of sp³-hybridized carbons (Fsp3) is 0.333. The average molecular weight is 244 g/mol. The number of hydrogen-bond acceptors (Lipinski definition) is 3. The molecule has 6 nitrogen and oxygen atoms in total. The summed E-state index contributed by atoms with van der Waals surface area (Å²) in [5.41, 5.74) is 7.94. The Hall–Kier alpha value is -2.33. The molecule has 0 N–H and O–H groups in total. The number of benzene rings is 1. The molecular formula is C12H12N4O2. The molecule has 0 saturated carbocycles. The van der Waals surface area contributed by atoms with Crippen LogP contribution in [0.5, 0.6) is 0 Å². The van der Waals surface area contributed by atoms with Gasteiger partial charge in [0.2, 0.25) is 5.91 Å². The molecule has 1 heterocycles. The molecule has 0 fully saturated rings. The van der Waals surface area contributed by atoms with Crippen molar-refractivity contribution >= 4 is 17.4 Å². The molecule has 1 amide bonds. The summed E-state index contributed by atoms with van der Waals surface area (Å²) >= 11 is 0. The molecular weight excluding hydrogens is 232 g/mol. The van der Waals surface area contributed by atoms with Gasteiger partial charge in [0, 0.05) is 17.5 Å². The number of rotatable bonds is 2. The quantitative estimate of drug-likeness (QED) is 0.346. The van der Waals surface area contributed by atoms with Crippen LogP contribution in [0.25, 0.3) is 10.4 Å². The second-order valence-electron chi connectivity index (χ2n) is 4.11. The second kappa shape index (κ2) is 4.16. The van der Waals surface area contributed by atoms with Crippen LogP contribution < -0.4 is 4.90 Å². The predicted molar refractivity (Wildman–Crippen MR) is 66.4 cm³/mol. The van der Waals surface area contributed by atoms with Gasteiger partial charge in [-0.2, -0.15) is 0 Å². The minimum absolute atomic E-state index is 0.146. The Morgan fingerprint density at radius 1 is 1.39 bits per heavy atom. The topological polar surface area (TPSA) is 86.1 Å². The van der Waals surface area contributed by atoms with Crippen LogP contribution in [0.15, 0.2) is 29.4 Å². The van der Waals surface area contributed by atoms with E-state index >= 15 is 0 Å². The minimum atomic E-state index is -1.64. The Morgan fingerprint density at radius 3 is 2.67 bits per heavy atom. The van der Waals surface area contributed by atoms with Gasteiger partial charge in [-0.3, -0.25) is 9.59 Å². The highest BCUT2D eigenvalue weighted by molar-refractivity contribution is 6.28. The third-order valence-electron chi connectivity index (χ3n) is 3.27. The summed E-state index contributed by atoms with van der Waals surface area (Å²) in [6.45, 7) is 1.66. The first kappa shape index (κ1) is 12.1. The summed E-state index contributed by atoms with van der Waals surface area (Å²) in [6.07, 6.45) is 0.146. The number of para-hydroxylation sites is 1. The van der Waals surface area contributed by atoms with Crippen molar-refractivity contribution in [3.8, 4) is 0 Å². The van der Waals surface area contributed by atoms with Crippen LogP contribution in [-0.4, -0.2) is 24.3 Å². The van der Waals surface area contributed by atoms with E-state index in [2.05, 4.69) is 10.0 Å². The minimum Gasteiger partial charge on any atom is -0.314 e. The Labute approximate surface area is 104 Å². The number of anilines is 1. The third-order valence-corrected chi connectivity index (χ3v) is 3.27. The monoisotopic (exact) mass is 244 g/mol. The molecule has 0 saturated heterocycles. The number of Topliss-reactive ketones (excluding diaryl/α,β-unsaturated/α-hetero) is 1. The summed E-state index contributed by atoms with van der Waals surface area (Å²) in [7, 11) is 1.57. The number of hydrogen-bond donors (Lipinski definition) is 0. The molecule has 0 radical (unpaired) electrons. The highest BCUT2D eigenvalue weighted by Crippen LogP contribution is 2.35. The number of likely N-dealkylation sites (N-methyl/N-ethyl adjacent to an activating group) is 1. The highest BCUT2D eigenvalue weighted by atomic mass is 16.2. The fourth-order valence-corrected chi connectivity index (χ4v) is 2.21. The van der Waals surface area contributed by atoms with E-state index in [0.29, 0.717) is 11.3 Å². The van der Waals surface area contributed by atoms with Crippen molar-refractivity contribution in [1.82, 2.24) is 0 Å². The Kier molecular flexibility index (Phi) is 2.80. The Balaban J connectivity index is 2.72. The molecule has 6 heteroatoms. The Morgan fingerprint density at radius 2 is 2.06 bits per heavy atom. The first-order valence-electron chi connectivity index (χ1n) is 5.56. The predicted octanol–water partition coefficient (Wildman–Crippen LogP) is 2.30. The largest absolute Gasteiger partial charge is 0.314 e. The smallest absolute Gasteiger partial charge is 0.246 e. The van der Waals surface area contributed by atoms with Crippen molar-refractivity contribution in [2.75, 3.05) is 11.9 Å². The van der Waals surface area contributed by atoms with Crippen LogP contribution in [0.3, 0.4) is 0 Å². The van der Waals surface area contributed by atoms with Crippen molar-refractivity contribution in [1.29, 1.82) is 0 Å². The average Bonchev–Trinajstić information content (AvgIpc) is 2.41. The van der Waals surface area contributed by atoms with Crippen LogP contribution >= 0.6 is 0 Å². The van der Waals surface area contributed by atoms with Gasteiger partial charge in [-0.25, -0.2) is 0 Å². The van der Waals surface area contributed by atoms with Crippen molar-refractivity contribution in [2.45, 2.75) is 18.9 Å². The molecule has 2 rings (SSSR count). The lowest BCUT2D eigenvalue weighted by Gasteiger charge is -2.36. The van der Waals surface area contributed by atoms with Crippen LogP contribution in [0.4, 0.5) is 5.69 Å². The summed E-state index contributed by atoms with van der Waals surface area (Å²) in [5.74, 6) is -0.909. The van der Waals surface area contributed by atoms with Gasteiger partial charge >= 0.3 is 0 Å². The van der Waals surface area contributed by atoms with Crippen LogP contribution in [0.1, 0.15) is 23.7 Å². The number of ketones is 1. The maximum Gasteiger partial charge on any atom is 0.246 e. The van der Waals surface area contributed by atoms with Crippen molar-refractivity contribution in [2.24, 2.45) is 5.11 Å². The normalized spacial score (nSPS) is 22.4. The van der Waals surface area contributed by atoms with Crippen molar-refractivity contribution in [3.05, 3.63) is 40.3 Å². The van der Waals surface area contributed by atoms with Gasteiger partial charge in [-0.15, -0.1) is 0 Å². The number of carbonyl (C=O) groups is 2. The zero-order chi connectivity index (χ0) is 13.3. The SMILES string of the molecule is CCC1(N=[N+]=[N-])C(=O)c2ccccc2N(C)C1=O. The molecule has 0 aliphatic carbocycles. The zero-order valence-electron chi connectivity index (χ0n) is 10.1. The van der Waals surface area contributed by atoms with Gasteiger partial charge in [-0.1, -0.05) is 24.2 Å². The lowest BCUT2D eigenvalue weighted by atomic mass is 9.82. The van der Waals surface area contributed by atoms with Gasteiger partial charge in [-0.05, 0) is 24.1 Å². The standard InChI is InChI=1S/C12H12N4O2/c1-3-12(14-15-13)10(17)8-6-4-5-7-9(8)16(2)11(12)18/h4-7H,3H2,1-2H3. The molecule has 92 valence electrons. The van der Waals surface area contributed by atoms with Crippen LogP contribution in [-0.2, 0) is 4.79 Å². The molecule has 18 heavy (non-hydrogen) atoms. The van der Waals surface area contributed by atoms with E-state index < -0.39 is 17.2 Å². The maximum atomic E-state index is 12.4. The van der Waals surface area contributed by atoms with Crippen LogP contribution in [0.2, 0.25) is 0 Å². The van der Waals surface area contributed by atoms with Gasteiger partial charge in [0.1, 0.15) is 0 Å². The van der Waals surface area contributed by atoms with E-state index in [9.17, 15) is 9.59 Å². The van der Waals surface area contributed by atoms with E-state index in [0.717, 1.165) is 0 Å². The fourth-order valence-electron chi connectivity index (χ4n) is 2.21. The second-order valence-corrected chi connectivity index (χ2v) is 4.11. The van der Waals surface area contributed by atoms with Gasteiger partial charge in [0.05, 0.1) is 5.69 Å².